The number of aliphatic hydroxyl groups excluding tert-OH is 1. The van der Waals surface area contributed by atoms with Crippen molar-refractivity contribution in [3.05, 3.63) is 35.9 Å². The molecule has 2 N–H and O–H groups in total. The molecule has 1 amide bonds. The highest BCUT2D eigenvalue weighted by molar-refractivity contribution is 7.88. The topological polar surface area (TPSA) is 86.7 Å². The van der Waals surface area contributed by atoms with Crippen LogP contribution in [0.4, 0.5) is 0 Å². The Kier molecular flexibility index (Phi) is 6.32. The predicted molar refractivity (Wildman–Crippen MR) is 81.2 cm³/mol. The summed E-state index contributed by atoms with van der Waals surface area (Å²) in [6, 6.07) is 8.85. The number of benzene rings is 1. The van der Waals surface area contributed by atoms with Gasteiger partial charge in [-0.15, -0.1) is 0 Å². The summed E-state index contributed by atoms with van der Waals surface area (Å²) in [6.07, 6.45) is 0.512. The van der Waals surface area contributed by atoms with Gasteiger partial charge in [-0.2, -0.15) is 0 Å². The molecule has 0 aliphatic rings. The lowest BCUT2D eigenvalue weighted by Crippen LogP contribution is -2.49. The molecular formula is C14H22N2O4S. The van der Waals surface area contributed by atoms with Gasteiger partial charge in [0.2, 0.25) is 15.9 Å². The van der Waals surface area contributed by atoms with Gasteiger partial charge in [0.05, 0.1) is 18.4 Å². The first-order chi connectivity index (χ1) is 9.70. The van der Waals surface area contributed by atoms with Crippen LogP contribution in [0.1, 0.15) is 12.5 Å². The Hall–Kier alpha value is -1.44. The van der Waals surface area contributed by atoms with Crippen molar-refractivity contribution >= 4 is 15.9 Å². The number of carbonyl (C=O) groups is 1. The molecule has 2 unspecified atom stereocenters. The molecule has 21 heavy (non-hydrogen) atoms. The van der Waals surface area contributed by atoms with E-state index in [9.17, 15) is 18.3 Å². The molecule has 0 radical (unpaired) electrons. The molecule has 0 aliphatic carbocycles. The lowest BCUT2D eigenvalue weighted by Gasteiger charge is -2.26. The fourth-order valence-electron chi connectivity index (χ4n) is 1.94. The standard InChI is InChI=1S/C14H22N2O4S/c1-11(17)15-13(9-12-7-5-4-6-8-12)14(18)10-16(2)21(3,19)20/h4-8,13-14,18H,9-10H2,1-3H3,(H,15,17). The summed E-state index contributed by atoms with van der Waals surface area (Å²) in [7, 11) is -1.98. The van der Waals surface area contributed by atoms with Crippen molar-refractivity contribution in [2.45, 2.75) is 25.5 Å². The third kappa shape index (κ3) is 6.24. The van der Waals surface area contributed by atoms with E-state index in [1.807, 2.05) is 30.3 Å². The summed E-state index contributed by atoms with van der Waals surface area (Å²) in [5.41, 5.74) is 0.956. The van der Waals surface area contributed by atoms with Gasteiger partial charge in [0.15, 0.2) is 0 Å². The number of nitrogens with one attached hydrogen (secondary N) is 1. The Morgan fingerprint density at radius 2 is 1.90 bits per heavy atom. The van der Waals surface area contributed by atoms with Crippen LogP contribution >= 0.6 is 0 Å². The summed E-state index contributed by atoms with van der Waals surface area (Å²) in [5, 5.41) is 12.9. The van der Waals surface area contributed by atoms with E-state index in [0.717, 1.165) is 16.1 Å². The van der Waals surface area contributed by atoms with E-state index in [1.165, 1.54) is 14.0 Å². The number of likely N-dealkylation sites (N-methyl/N-ethyl adjacent to an activating group) is 1. The normalized spacial score (nSPS) is 14.7. The van der Waals surface area contributed by atoms with Gasteiger partial charge < -0.3 is 10.4 Å². The fraction of sp³-hybridized carbons (Fsp3) is 0.500. The van der Waals surface area contributed by atoms with E-state index in [4.69, 9.17) is 0 Å². The smallest absolute Gasteiger partial charge is 0.217 e. The number of hydrogen-bond donors (Lipinski definition) is 2. The highest BCUT2D eigenvalue weighted by atomic mass is 32.2. The zero-order valence-corrected chi connectivity index (χ0v) is 13.3. The first kappa shape index (κ1) is 17.6. The van der Waals surface area contributed by atoms with Gasteiger partial charge in [-0.05, 0) is 12.0 Å². The average molecular weight is 314 g/mol. The molecule has 0 fully saturated rings. The number of rotatable bonds is 7. The third-order valence-corrected chi connectivity index (χ3v) is 4.44. The molecule has 1 aromatic rings. The molecule has 2 atom stereocenters. The molecule has 0 bridgehead atoms. The van der Waals surface area contributed by atoms with E-state index in [1.54, 1.807) is 0 Å². The highest BCUT2D eigenvalue weighted by Crippen LogP contribution is 2.08. The van der Waals surface area contributed by atoms with Crippen LogP contribution in [-0.4, -0.2) is 55.7 Å². The van der Waals surface area contributed by atoms with Crippen LogP contribution in [0.25, 0.3) is 0 Å². The third-order valence-electron chi connectivity index (χ3n) is 3.16. The van der Waals surface area contributed by atoms with Crippen LogP contribution in [0.5, 0.6) is 0 Å². The molecular weight excluding hydrogens is 292 g/mol. The second-order valence-electron chi connectivity index (χ2n) is 5.11. The lowest BCUT2D eigenvalue weighted by molar-refractivity contribution is -0.120. The monoisotopic (exact) mass is 314 g/mol. The van der Waals surface area contributed by atoms with Crippen molar-refractivity contribution in [3.8, 4) is 0 Å². The van der Waals surface area contributed by atoms with Crippen LogP contribution in [0.3, 0.4) is 0 Å². The summed E-state index contributed by atoms with van der Waals surface area (Å²) >= 11 is 0. The van der Waals surface area contributed by atoms with Gasteiger partial charge in [-0.25, -0.2) is 12.7 Å². The number of nitrogens with zero attached hydrogens (tertiary/aromatic N) is 1. The van der Waals surface area contributed by atoms with E-state index in [2.05, 4.69) is 5.32 Å². The Labute approximate surface area is 125 Å². The van der Waals surface area contributed by atoms with Crippen molar-refractivity contribution < 1.29 is 18.3 Å². The van der Waals surface area contributed by atoms with E-state index >= 15 is 0 Å². The zero-order chi connectivity index (χ0) is 16.0. The van der Waals surface area contributed by atoms with Gasteiger partial charge in [0.25, 0.3) is 0 Å². The molecule has 6 nitrogen and oxygen atoms in total. The number of sulfonamides is 1. The Morgan fingerprint density at radius 3 is 2.38 bits per heavy atom. The second-order valence-corrected chi connectivity index (χ2v) is 7.20. The van der Waals surface area contributed by atoms with E-state index < -0.39 is 22.2 Å². The molecule has 0 aromatic heterocycles. The number of amides is 1. The maximum absolute atomic E-state index is 11.4. The first-order valence-electron chi connectivity index (χ1n) is 6.60. The summed E-state index contributed by atoms with van der Waals surface area (Å²) in [6.45, 7) is 1.29. The number of hydrogen-bond acceptors (Lipinski definition) is 4. The maximum Gasteiger partial charge on any atom is 0.217 e. The van der Waals surface area contributed by atoms with Crippen LogP contribution in [0.2, 0.25) is 0 Å². The number of aliphatic hydroxyl groups is 1. The molecule has 7 heteroatoms. The molecule has 1 rings (SSSR count). The van der Waals surface area contributed by atoms with Crippen molar-refractivity contribution in [1.82, 2.24) is 9.62 Å². The quantitative estimate of drug-likeness (QED) is 0.741. The minimum absolute atomic E-state index is 0.0728. The average Bonchev–Trinajstić information content (AvgIpc) is 2.37. The van der Waals surface area contributed by atoms with Crippen molar-refractivity contribution in [3.63, 3.8) is 0 Å². The molecule has 0 saturated heterocycles. The van der Waals surface area contributed by atoms with E-state index in [0.29, 0.717) is 6.42 Å². The van der Waals surface area contributed by atoms with Crippen LogP contribution in [0, 0.1) is 0 Å². The van der Waals surface area contributed by atoms with E-state index in [-0.39, 0.29) is 12.5 Å². The van der Waals surface area contributed by atoms with Crippen LogP contribution in [0.15, 0.2) is 30.3 Å². The Balaban J connectivity index is 2.79. The van der Waals surface area contributed by atoms with Gasteiger partial charge in [0, 0.05) is 20.5 Å². The van der Waals surface area contributed by atoms with Crippen LogP contribution in [-0.2, 0) is 21.2 Å². The van der Waals surface area contributed by atoms with Gasteiger partial charge in [-0.1, -0.05) is 30.3 Å². The SMILES string of the molecule is CC(=O)NC(Cc1ccccc1)C(O)CN(C)S(C)(=O)=O. The Bertz CT molecular complexity index is 560. The minimum atomic E-state index is -3.37. The molecule has 0 aliphatic heterocycles. The van der Waals surface area contributed by atoms with Crippen molar-refractivity contribution in [2.75, 3.05) is 19.8 Å². The van der Waals surface area contributed by atoms with Gasteiger partial charge in [0.1, 0.15) is 0 Å². The summed E-state index contributed by atoms with van der Waals surface area (Å²) < 4.78 is 23.9. The largest absolute Gasteiger partial charge is 0.390 e. The van der Waals surface area contributed by atoms with Gasteiger partial charge in [-0.3, -0.25) is 4.79 Å². The zero-order valence-electron chi connectivity index (χ0n) is 12.5. The molecule has 0 spiro atoms. The summed E-state index contributed by atoms with van der Waals surface area (Å²) in [4.78, 5) is 11.3. The summed E-state index contributed by atoms with van der Waals surface area (Å²) in [5.74, 6) is -0.267. The van der Waals surface area contributed by atoms with Gasteiger partial charge >= 0.3 is 0 Å². The predicted octanol–water partition coefficient (Wildman–Crippen LogP) is -0.0139. The lowest BCUT2D eigenvalue weighted by atomic mass is 10.0. The first-order valence-corrected chi connectivity index (χ1v) is 8.45. The van der Waals surface area contributed by atoms with Crippen LogP contribution < -0.4 is 5.32 Å². The Morgan fingerprint density at radius 1 is 1.33 bits per heavy atom. The van der Waals surface area contributed by atoms with Crippen molar-refractivity contribution in [1.29, 1.82) is 0 Å². The molecule has 0 heterocycles. The second kappa shape index (κ2) is 7.53. The fourth-order valence-corrected chi connectivity index (χ4v) is 2.36. The molecule has 1 aromatic carbocycles. The highest BCUT2D eigenvalue weighted by Gasteiger charge is 2.24. The maximum atomic E-state index is 11.4. The van der Waals surface area contributed by atoms with Crippen molar-refractivity contribution in [2.24, 2.45) is 0 Å². The molecule has 118 valence electrons. The minimum Gasteiger partial charge on any atom is -0.390 e. The number of carbonyl (C=O) groups excluding carboxylic acids is 1. The molecule has 0 saturated carbocycles.